The molecule has 0 saturated carbocycles. The second kappa shape index (κ2) is 7.45. The van der Waals surface area contributed by atoms with Crippen molar-refractivity contribution >= 4 is 28.0 Å². The number of pyridine rings is 1. The van der Waals surface area contributed by atoms with Crippen LogP contribution < -0.4 is 4.90 Å². The van der Waals surface area contributed by atoms with E-state index in [0.717, 1.165) is 12.8 Å². The van der Waals surface area contributed by atoms with Crippen LogP contribution in [-0.2, 0) is 14.8 Å². The first-order valence-corrected chi connectivity index (χ1v) is 11.1. The first kappa shape index (κ1) is 19.9. The molecular formula is C18H24N4O6S. The standard InChI is InChI=1S/C18H24N4O6S/c23-16(24)20-8-5-18(6-9-20)4-1-7-21(13-18)29(26,27)14-2-3-15(19-12-14)22-10-11-28-17(22)25/h2-3,12H,1,4-11,13H2,(H,23,24). The Morgan fingerprint density at radius 1 is 1.14 bits per heavy atom. The fraction of sp³-hybridized carbons (Fsp3) is 0.611. The van der Waals surface area contributed by atoms with Gasteiger partial charge in [-0.2, -0.15) is 4.31 Å². The van der Waals surface area contributed by atoms with Gasteiger partial charge in [-0.1, -0.05) is 0 Å². The Bertz CT molecular complexity index is 895. The van der Waals surface area contributed by atoms with Crippen molar-refractivity contribution in [2.45, 2.75) is 30.6 Å². The Labute approximate surface area is 169 Å². The van der Waals surface area contributed by atoms with E-state index in [1.54, 1.807) is 0 Å². The van der Waals surface area contributed by atoms with E-state index in [2.05, 4.69) is 4.98 Å². The van der Waals surface area contributed by atoms with Crippen LogP contribution in [0.15, 0.2) is 23.2 Å². The summed E-state index contributed by atoms with van der Waals surface area (Å²) in [5.41, 5.74) is -0.177. The molecule has 0 radical (unpaired) electrons. The zero-order valence-corrected chi connectivity index (χ0v) is 16.8. The highest BCUT2D eigenvalue weighted by molar-refractivity contribution is 7.89. The molecule has 3 aliphatic rings. The molecular weight excluding hydrogens is 400 g/mol. The highest BCUT2D eigenvalue weighted by atomic mass is 32.2. The van der Waals surface area contributed by atoms with Crippen LogP contribution in [-0.4, -0.2) is 79.2 Å². The predicted molar refractivity (Wildman–Crippen MR) is 102 cm³/mol. The van der Waals surface area contributed by atoms with E-state index in [0.29, 0.717) is 51.4 Å². The fourth-order valence-corrected chi connectivity index (χ4v) is 5.92. The summed E-state index contributed by atoms with van der Waals surface area (Å²) in [5.74, 6) is 0.364. The van der Waals surface area contributed by atoms with E-state index in [-0.39, 0.29) is 16.9 Å². The third-order valence-corrected chi connectivity index (χ3v) is 7.95. The minimum Gasteiger partial charge on any atom is -0.465 e. The van der Waals surface area contributed by atoms with Crippen LogP contribution in [0.25, 0.3) is 0 Å². The van der Waals surface area contributed by atoms with E-state index in [1.807, 2.05) is 0 Å². The number of rotatable bonds is 3. The number of anilines is 1. The van der Waals surface area contributed by atoms with Crippen molar-refractivity contribution in [2.24, 2.45) is 5.41 Å². The van der Waals surface area contributed by atoms with Gasteiger partial charge < -0.3 is 14.7 Å². The smallest absolute Gasteiger partial charge is 0.415 e. The van der Waals surface area contributed by atoms with Gasteiger partial charge in [-0.15, -0.1) is 0 Å². The Kier molecular flexibility index (Phi) is 5.11. The summed E-state index contributed by atoms with van der Waals surface area (Å²) in [6.45, 7) is 2.38. The molecule has 0 unspecified atom stereocenters. The maximum absolute atomic E-state index is 13.2. The number of cyclic esters (lactones) is 1. The zero-order valence-electron chi connectivity index (χ0n) is 16.0. The van der Waals surface area contributed by atoms with Crippen molar-refractivity contribution in [3.8, 4) is 0 Å². The Balaban J connectivity index is 1.48. The molecule has 3 saturated heterocycles. The number of carbonyl (C=O) groups excluding carboxylic acids is 1. The van der Waals surface area contributed by atoms with Crippen LogP contribution in [0.3, 0.4) is 0 Å². The number of amides is 2. The molecule has 1 aromatic rings. The van der Waals surface area contributed by atoms with Crippen molar-refractivity contribution in [3.63, 3.8) is 0 Å². The molecule has 4 rings (SSSR count). The molecule has 3 fully saturated rings. The highest BCUT2D eigenvalue weighted by Gasteiger charge is 2.42. The molecule has 0 aliphatic carbocycles. The number of carbonyl (C=O) groups is 2. The van der Waals surface area contributed by atoms with E-state index in [4.69, 9.17) is 9.84 Å². The highest BCUT2D eigenvalue weighted by Crippen LogP contribution is 2.41. The minimum atomic E-state index is -3.71. The fourth-order valence-electron chi connectivity index (χ4n) is 4.38. The number of ether oxygens (including phenoxy) is 1. The summed E-state index contributed by atoms with van der Waals surface area (Å²) in [4.78, 5) is 29.8. The molecule has 2 amide bonds. The second-order valence-corrected chi connectivity index (χ2v) is 9.77. The number of sulfonamides is 1. The molecule has 4 heterocycles. The normalized spacial score (nSPS) is 22.7. The van der Waals surface area contributed by atoms with Crippen LogP contribution in [0.2, 0.25) is 0 Å². The summed E-state index contributed by atoms with van der Waals surface area (Å²) in [7, 11) is -3.71. The number of piperidine rings is 2. The van der Waals surface area contributed by atoms with Gasteiger partial charge in [0.15, 0.2) is 0 Å². The number of hydrogen-bond acceptors (Lipinski definition) is 6. The SMILES string of the molecule is O=C(O)N1CCC2(CCCN(S(=O)(=O)c3ccc(N4CCOC4=O)nc3)C2)CC1. The first-order chi connectivity index (χ1) is 13.8. The zero-order chi connectivity index (χ0) is 20.6. The van der Waals surface area contributed by atoms with Crippen LogP contribution in [0.4, 0.5) is 15.4 Å². The summed E-state index contributed by atoms with van der Waals surface area (Å²) >= 11 is 0. The number of nitrogens with zero attached hydrogens (tertiary/aromatic N) is 4. The van der Waals surface area contributed by atoms with Gasteiger partial charge in [-0.25, -0.2) is 23.0 Å². The quantitative estimate of drug-likeness (QED) is 0.782. The third-order valence-electron chi connectivity index (χ3n) is 6.12. The molecule has 0 aromatic carbocycles. The van der Waals surface area contributed by atoms with Gasteiger partial charge in [0, 0.05) is 32.4 Å². The first-order valence-electron chi connectivity index (χ1n) is 9.69. The summed E-state index contributed by atoms with van der Waals surface area (Å²) < 4.78 is 32.7. The third kappa shape index (κ3) is 3.76. The molecule has 10 nitrogen and oxygen atoms in total. The lowest BCUT2D eigenvalue weighted by Crippen LogP contribution is -2.51. The Morgan fingerprint density at radius 3 is 2.48 bits per heavy atom. The van der Waals surface area contributed by atoms with Gasteiger partial charge in [0.05, 0.1) is 6.54 Å². The van der Waals surface area contributed by atoms with Gasteiger partial charge in [-0.3, -0.25) is 4.90 Å². The summed E-state index contributed by atoms with van der Waals surface area (Å²) in [6, 6.07) is 2.99. The van der Waals surface area contributed by atoms with Crippen molar-refractivity contribution in [3.05, 3.63) is 18.3 Å². The summed E-state index contributed by atoms with van der Waals surface area (Å²) in [5, 5.41) is 9.15. The van der Waals surface area contributed by atoms with Gasteiger partial charge in [0.2, 0.25) is 10.0 Å². The molecule has 1 aromatic heterocycles. The number of aromatic nitrogens is 1. The second-order valence-electron chi connectivity index (χ2n) is 7.83. The van der Waals surface area contributed by atoms with Crippen LogP contribution >= 0.6 is 0 Å². The molecule has 158 valence electrons. The average molecular weight is 424 g/mol. The van der Waals surface area contributed by atoms with Crippen molar-refractivity contribution in [1.29, 1.82) is 0 Å². The maximum atomic E-state index is 13.2. The molecule has 29 heavy (non-hydrogen) atoms. The van der Waals surface area contributed by atoms with Gasteiger partial charge in [-0.05, 0) is 43.2 Å². The monoisotopic (exact) mass is 424 g/mol. The molecule has 1 spiro atoms. The van der Waals surface area contributed by atoms with Crippen molar-refractivity contribution < 1.29 is 27.9 Å². The average Bonchev–Trinajstić information content (AvgIpc) is 3.14. The predicted octanol–water partition coefficient (Wildman–Crippen LogP) is 1.58. The number of likely N-dealkylation sites (tertiary alicyclic amines) is 1. The molecule has 3 aliphatic heterocycles. The van der Waals surface area contributed by atoms with Crippen LogP contribution in [0, 0.1) is 5.41 Å². The van der Waals surface area contributed by atoms with Gasteiger partial charge in [0.1, 0.15) is 17.3 Å². The molecule has 1 N–H and O–H groups in total. The Morgan fingerprint density at radius 2 is 1.90 bits per heavy atom. The van der Waals surface area contributed by atoms with Crippen LogP contribution in [0.1, 0.15) is 25.7 Å². The molecule has 0 bridgehead atoms. The van der Waals surface area contributed by atoms with E-state index in [1.165, 1.54) is 32.4 Å². The number of hydrogen-bond donors (Lipinski definition) is 1. The van der Waals surface area contributed by atoms with E-state index in [9.17, 15) is 18.0 Å². The van der Waals surface area contributed by atoms with E-state index >= 15 is 0 Å². The molecule has 11 heteroatoms. The topological polar surface area (TPSA) is 120 Å². The molecule has 0 atom stereocenters. The summed E-state index contributed by atoms with van der Waals surface area (Å²) in [6.07, 6.45) is 2.86. The van der Waals surface area contributed by atoms with Crippen molar-refractivity contribution in [2.75, 3.05) is 44.2 Å². The lowest BCUT2D eigenvalue weighted by Gasteiger charge is -2.46. The lowest BCUT2D eigenvalue weighted by molar-refractivity contribution is 0.0520. The maximum Gasteiger partial charge on any atom is 0.415 e. The minimum absolute atomic E-state index is 0.0915. The van der Waals surface area contributed by atoms with Gasteiger partial charge in [0.25, 0.3) is 0 Å². The van der Waals surface area contributed by atoms with E-state index < -0.39 is 22.2 Å². The van der Waals surface area contributed by atoms with Gasteiger partial charge >= 0.3 is 12.2 Å². The van der Waals surface area contributed by atoms with Crippen molar-refractivity contribution in [1.82, 2.24) is 14.2 Å². The largest absolute Gasteiger partial charge is 0.465 e. The van der Waals surface area contributed by atoms with Crippen LogP contribution in [0.5, 0.6) is 0 Å². The lowest BCUT2D eigenvalue weighted by atomic mass is 9.73. The number of carboxylic acid groups (broad SMARTS) is 1. The Hall–Kier alpha value is -2.40.